The predicted molar refractivity (Wildman–Crippen MR) is 69.0 cm³/mol. The molecule has 1 heterocycles. The molecule has 3 heteroatoms. The van der Waals surface area contributed by atoms with Gasteiger partial charge < -0.3 is 10.1 Å². The van der Waals surface area contributed by atoms with E-state index in [2.05, 4.69) is 23.3 Å². The zero-order valence-corrected chi connectivity index (χ0v) is 10.8. The number of hydrogen-bond donors (Lipinski definition) is 1. The molecule has 1 aromatic rings. The van der Waals surface area contributed by atoms with Crippen molar-refractivity contribution in [2.45, 2.75) is 32.7 Å². The van der Waals surface area contributed by atoms with E-state index in [1.165, 1.54) is 24.8 Å². The molecule has 1 aliphatic carbocycles. The molecule has 1 aliphatic rings. The highest BCUT2D eigenvalue weighted by molar-refractivity contribution is 5.17. The van der Waals surface area contributed by atoms with Gasteiger partial charge in [0.15, 0.2) is 0 Å². The minimum atomic E-state index is 0.679. The van der Waals surface area contributed by atoms with E-state index in [-0.39, 0.29) is 0 Å². The van der Waals surface area contributed by atoms with Gasteiger partial charge >= 0.3 is 0 Å². The standard InChI is InChI=1S/C14H22N2O/c1-11-3-4-12(7-11)8-15-9-13-5-6-14(17-2)16-10-13/h5-6,10-12,15H,3-4,7-9H2,1-2H3. The van der Waals surface area contributed by atoms with Crippen LogP contribution < -0.4 is 10.1 Å². The lowest BCUT2D eigenvalue weighted by Gasteiger charge is -2.11. The highest BCUT2D eigenvalue weighted by Gasteiger charge is 2.20. The third kappa shape index (κ3) is 3.70. The molecule has 0 radical (unpaired) electrons. The van der Waals surface area contributed by atoms with Crippen LogP contribution in [0.25, 0.3) is 0 Å². The fraction of sp³-hybridized carbons (Fsp3) is 0.643. The molecule has 1 aromatic heterocycles. The van der Waals surface area contributed by atoms with Gasteiger partial charge in [-0.3, -0.25) is 0 Å². The monoisotopic (exact) mass is 234 g/mol. The van der Waals surface area contributed by atoms with Gasteiger partial charge in [-0.2, -0.15) is 0 Å². The van der Waals surface area contributed by atoms with Crippen LogP contribution in [-0.4, -0.2) is 18.6 Å². The molecule has 0 aliphatic heterocycles. The van der Waals surface area contributed by atoms with Gasteiger partial charge in [-0.25, -0.2) is 4.98 Å². The van der Waals surface area contributed by atoms with Crippen molar-refractivity contribution in [3.63, 3.8) is 0 Å². The molecule has 94 valence electrons. The van der Waals surface area contributed by atoms with Crippen LogP contribution in [0.1, 0.15) is 31.7 Å². The van der Waals surface area contributed by atoms with Gasteiger partial charge in [0.1, 0.15) is 0 Å². The van der Waals surface area contributed by atoms with E-state index < -0.39 is 0 Å². The van der Waals surface area contributed by atoms with Crippen molar-refractivity contribution in [1.82, 2.24) is 10.3 Å². The highest BCUT2D eigenvalue weighted by atomic mass is 16.5. The number of pyridine rings is 1. The van der Waals surface area contributed by atoms with Gasteiger partial charge in [-0.1, -0.05) is 19.4 Å². The van der Waals surface area contributed by atoms with Crippen molar-refractivity contribution in [3.8, 4) is 5.88 Å². The predicted octanol–water partition coefficient (Wildman–Crippen LogP) is 2.62. The molecule has 1 N–H and O–H groups in total. The van der Waals surface area contributed by atoms with Crippen molar-refractivity contribution in [2.24, 2.45) is 11.8 Å². The summed E-state index contributed by atoms with van der Waals surface area (Å²) in [5.74, 6) is 2.47. The first-order valence-electron chi connectivity index (χ1n) is 6.47. The lowest BCUT2D eigenvalue weighted by molar-refractivity contribution is 0.397. The summed E-state index contributed by atoms with van der Waals surface area (Å²) in [5.41, 5.74) is 1.22. The molecule has 0 bridgehead atoms. The van der Waals surface area contributed by atoms with Gasteiger partial charge in [0.05, 0.1) is 7.11 Å². The summed E-state index contributed by atoms with van der Waals surface area (Å²) in [6.07, 6.45) is 6.04. The van der Waals surface area contributed by atoms with Crippen LogP contribution >= 0.6 is 0 Å². The van der Waals surface area contributed by atoms with Crippen molar-refractivity contribution >= 4 is 0 Å². The average Bonchev–Trinajstić information content (AvgIpc) is 2.76. The van der Waals surface area contributed by atoms with Crippen molar-refractivity contribution < 1.29 is 4.74 Å². The largest absolute Gasteiger partial charge is 0.481 e. The number of hydrogen-bond acceptors (Lipinski definition) is 3. The molecular formula is C14H22N2O. The average molecular weight is 234 g/mol. The van der Waals surface area contributed by atoms with E-state index >= 15 is 0 Å². The minimum Gasteiger partial charge on any atom is -0.481 e. The first-order chi connectivity index (χ1) is 8.28. The zero-order valence-electron chi connectivity index (χ0n) is 10.8. The maximum Gasteiger partial charge on any atom is 0.212 e. The summed E-state index contributed by atoms with van der Waals surface area (Å²) in [6, 6.07) is 3.98. The zero-order chi connectivity index (χ0) is 12.1. The number of aromatic nitrogens is 1. The molecule has 3 nitrogen and oxygen atoms in total. The van der Waals surface area contributed by atoms with Crippen molar-refractivity contribution in [1.29, 1.82) is 0 Å². The third-order valence-electron chi connectivity index (χ3n) is 3.57. The molecule has 0 saturated heterocycles. The van der Waals surface area contributed by atoms with E-state index in [0.29, 0.717) is 5.88 Å². The first kappa shape index (κ1) is 12.4. The Hall–Kier alpha value is -1.09. The summed E-state index contributed by atoms with van der Waals surface area (Å²) in [6.45, 7) is 4.39. The second-order valence-corrected chi connectivity index (χ2v) is 5.12. The number of ether oxygens (including phenoxy) is 1. The van der Waals surface area contributed by atoms with Gasteiger partial charge in [0.2, 0.25) is 5.88 Å². The van der Waals surface area contributed by atoms with E-state index in [1.54, 1.807) is 7.11 Å². The number of nitrogens with one attached hydrogen (secondary N) is 1. The van der Waals surface area contributed by atoms with Gasteiger partial charge in [-0.15, -0.1) is 0 Å². The summed E-state index contributed by atoms with van der Waals surface area (Å²) < 4.78 is 5.04. The Labute approximate surface area is 104 Å². The molecule has 2 unspecified atom stereocenters. The Morgan fingerprint density at radius 1 is 1.41 bits per heavy atom. The minimum absolute atomic E-state index is 0.679. The Morgan fingerprint density at radius 3 is 2.88 bits per heavy atom. The lowest BCUT2D eigenvalue weighted by Crippen LogP contribution is -2.21. The smallest absolute Gasteiger partial charge is 0.212 e. The van der Waals surface area contributed by atoms with E-state index in [4.69, 9.17) is 4.74 Å². The van der Waals surface area contributed by atoms with Crippen LogP contribution in [0.4, 0.5) is 0 Å². The van der Waals surface area contributed by atoms with Crippen molar-refractivity contribution in [3.05, 3.63) is 23.9 Å². The van der Waals surface area contributed by atoms with E-state index in [1.807, 2.05) is 12.3 Å². The Kier molecular flexibility index (Phi) is 4.37. The summed E-state index contributed by atoms with van der Waals surface area (Å²) in [4.78, 5) is 4.20. The summed E-state index contributed by atoms with van der Waals surface area (Å²) >= 11 is 0. The van der Waals surface area contributed by atoms with E-state index in [0.717, 1.165) is 24.9 Å². The third-order valence-corrected chi connectivity index (χ3v) is 3.57. The Morgan fingerprint density at radius 2 is 2.29 bits per heavy atom. The molecule has 0 aromatic carbocycles. The SMILES string of the molecule is COc1ccc(CNCC2CCC(C)C2)cn1. The van der Waals surface area contributed by atoms with Crippen molar-refractivity contribution in [2.75, 3.05) is 13.7 Å². The molecule has 1 saturated carbocycles. The van der Waals surface area contributed by atoms with Crippen LogP contribution in [0.3, 0.4) is 0 Å². The summed E-state index contributed by atoms with van der Waals surface area (Å²) in [5, 5.41) is 3.52. The van der Waals surface area contributed by atoms with Crippen LogP contribution in [0.15, 0.2) is 18.3 Å². The quantitative estimate of drug-likeness (QED) is 0.850. The van der Waals surface area contributed by atoms with Crippen LogP contribution in [0, 0.1) is 11.8 Å². The van der Waals surface area contributed by atoms with Gasteiger partial charge in [-0.05, 0) is 36.8 Å². The molecule has 1 fully saturated rings. The second kappa shape index (κ2) is 6.01. The topological polar surface area (TPSA) is 34.1 Å². The fourth-order valence-corrected chi connectivity index (χ4v) is 2.57. The Bertz CT molecular complexity index is 337. The Balaban J connectivity index is 1.70. The van der Waals surface area contributed by atoms with Crippen LogP contribution in [0.2, 0.25) is 0 Å². The molecule has 0 spiro atoms. The fourth-order valence-electron chi connectivity index (χ4n) is 2.57. The normalized spacial score (nSPS) is 23.9. The highest BCUT2D eigenvalue weighted by Crippen LogP contribution is 2.29. The second-order valence-electron chi connectivity index (χ2n) is 5.12. The molecule has 0 amide bonds. The number of methoxy groups -OCH3 is 1. The maximum absolute atomic E-state index is 5.04. The molecular weight excluding hydrogens is 212 g/mol. The van der Waals surface area contributed by atoms with E-state index in [9.17, 15) is 0 Å². The van der Waals surface area contributed by atoms with Gasteiger partial charge in [0.25, 0.3) is 0 Å². The van der Waals surface area contributed by atoms with Gasteiger partial charge in [0, 0.05) is 18.8 Å². The number of nitrogens with zero attached hydrogens (tertiary/aromatic N) is 1. The molecule has 17 heavy (non-hydrogen) atoms. The lowest BCUT2D eigenvalue weighted by atomic mass is 10.1. The van der Waals surface area contributed by atoms with Crippen LogP contribution in [0.5, 0.6) is 5.88 Å². The summed E-state index contributed by atoms with van der Waals surface area (Å²) in [7, 11) is 1.64. The maximum atomic E-state index is 5.04. The first-order valence-corrected chi connectivity index (χ1v) is 6.47. The number of rotatable bonds is 5. The molecule has 2 rings (SSSR count). The molecule has 2 atom stereocenters. The van der Waals surface area contributed by atoms with Crippen LogP contribution in [-0.2, 0) is 6.54 Å².